The second kappa shape index (κ2) is 7.42. The fourth-order valence-corrected chi connectivity index (χ4v) is 4.16. The Bertz CT molecular complexity index is 1130. The molecule has 0 aliphatic carbocycles. The molecule has 0 unspecified atom stereocenters. The quantitative estimate of drug-likeness (QED) is 0.608. The molecule has 2 aliphatic heterocycles. The first-order chi connectivity index (χ1) is 14.6. The van der Waals surface area contributed by atoms with Gasteiger partial charge in [0.1, 0.15) is 5.56 Å². The summed E-state index contributed by atoms with van der Waals surface area (Å²) < 4.78 is 1.55. The van der Waals surface area contributed by atoms with Gasteiger partial charge in [-0.3, -0.25) is 9.59 Å². The average molecular weight is 406 g/mol. The van der Waals surface area contributed by atoms with Crippen molar-refractivity contribution in [1.29, 1.82) is 0 Å². The lowest BCUT2D eigenvalue weighted by Crippen LogP contribution is -2.35. The maximum absolute atomic E-state index is 13.0. The molecule has 4 heterocycles. The van der Waals surface area contributed by atoms with Crippen molar-refractivity contribution in [3.05, 3.63) is 47.9 Å². The normalized spacial score (nSPS) is 16.6. The number of piperidine rings is 1. The van der Waals surface area contributed by atoms with Gasteiger partial charge in [-0.05, 0) is 42.5 Å². The van der Waals surface area contributed by atoms with Gasteiger partial charge in [0.25, 0.3) is 5.91 Å². The van der Waals surface area contributed by atoms with Crippen LogP contribution in [-0.2, 0) is 11.2 Å². The molecule has 2 aromatic heterocycles. The molecule has 0 spiro atoms. The van der Waals surface area contributed by atoms with E-state index in [1.807, 2.05) is 12.1 Å². The highest BCUT2D eigenvalue weighted by atomic mass is 16.3. The molecule has 154 valence electrons. The minimum absolute atomic E-state index is 0.0507. The molecule has 9 nitrogen and oxygen atoms in total. The zero-order valence-electron chi connectivity index (χ0n) is 16.3. The molecule has 5 rings (SSSR count). The van der Waals surface area contributed by atoms with E-state index in [4.69, 9.17) is 0 Å². The molecule has 3 aromatic rings. The summed E-state index contributed by atoms with van der Waals surface area (Å²) in [6, 6.07) is 5.56. The molecule has 30 heavy (non-hydrogen) atoms. The Balaban J connectivity index is 1.48. The number of nitrogens with one attached hydrogen (secondary N) is 2. The molecule has 0 saturated carbocycles. The minimum Gasteiger partial charge on any atom is -0.396 e. The van der Waals surface area contributed by atoms with Crippen molar-refractivity contribution in [1.82, 2.24) is 14.6 Å². The van der Waals surface area contributed by atoms with Gasteiger partial charge in [-0.1, -0.05) is 0 Å². The van der Waals surface area contributed by atoms with Crippen LogP contribution in [0.2, 0.25) is 0 Å². The van der Waals surface area contributed by atoms with Crippen molar-refractivity contribution < 1.29 is 14.7 Å². The molecule has 2 aliphatic rings. The van der Waals surface area contributed by atoms with Crippen LogP contribution in [0.5, 0.6) is 0 Å². The number of benzene rings is 1. The summed E-state index contributed by atoms with van der Waals surface area (Å²) in [6.07, 6.45) is 6.96. The van der Waals surface area contributed by atoms with E-state index >= 15 is 0 Å². The number of anilines is 3. The Kier molecular flexibility index (Phi) is 4.59. The van der Waals surface area contributed by atoms with Gasteiger partial charge in [0, 0.05) is 37.8 Å². The maximum Gasteiger partial charge on any atom is 0.261 e. The van der Waals surface area contributed by atoms with E-state index in [-0.39, 0.29) is 18.4 Å². The minimum atomic E-state index is -0.306. The van der Waals surface area contributed by atoms with E-state index in [1.165, 1.54) is 6.20 Å². The summed E-state index contributed by atoms with van der Waals surface area (Å²) in [5, 5.41) is 19.5. The predicted molar refractivity (Wildman–Crippen MR) is 112 cm³/mol. The summed E-state index contributed by atoms with van der Waals surface area (Å²) in [7, 11) is 0. The van der Waals surface area contributed by atoms with Gasteiger partial charge in [0.2, 0.25) is 5.91 Å². The highest BCUT2D eigenvalue weighted by Crippen LogP contribution is 2.37. The number of carbonyl (C=O) groups is 2. The lowest BCUT2D eigenvalue weighted by Gasteiger charge is -2.34. The summed E-state index contributed by atoms with van der Waals surface area (Å²) in [6.45, 7) is 1.76. The van der Waals surface area contributed by atoms with Crippen molar-refractivity contribution in [3.8, 4) is 0 Å². The second-order valence-electron chi connectivity index (χ2n) is 7.76. The van der Waals surface area contributed by atoms with E-state index in [2.05, 4.69) is 25.6 Å². The molecule has 9 heteroatoms. The van der Waals surface area contributed by atoms with Crippen molar-refractivity contribution in [2.45, 2.75) is 19.3 Å². The smallest absolute Gasteiger partial charge is 0.261 e. The number of fused-ring (bicyclic) bond motifs is 2. The van der Waals surface area contributed by atoms with Gasteiger partial charge in [-0.2, -0.15) is 5.10 Å². The van der Waals surface area contributed by atoms with Crippen LogP contribution in [0, 0.1) is 5.92 Å². The molecular formula is C21H22N6O3. The summed E-state index contributed by atoms with van der Waals surface area (Å²) in [4.78, 5) is 31.4. The fraction of sp³-hybridized carbons (Fsp3) is 0.333. The largest absolute Gasteiger partial charge is 0.396 e. The van der Waals surface area contributed by atoms with Crippen molar-refractivity contribution in [2.24, 2.45) is 5.92 Å². The Hall–Kier alpha value is -3.46. The number of hydrogen-bond acceptors (Lipinski definition) is 6. The molecule has 0 atom stereocenters. The van der Waals surface area contributed by atoms with E-state index in [0.29, 0.717) is 29.2 Å². The first kappa shape index (κ1) is 18.6. The van der Waals surface area contributed by atoms with Gasteiger partial charge >= 0.3 is 0 Å². The Morgan fingerprint density at radius 1 is 1.30 bits per heavy atom. The van der Waals surface area contributed by atoms with E-state index in [1.54, 1.807) is 23.0 Å². The van der Waals surface area contributed by atoms with Gasteiger partial charge < -0.3 is 20.6 Å². The molecule has 1 saturated heterocycles. The number of hydrogen-bond donors (Lipinski definition) is 3. The second-order valence-corrected chi connectivity index (χ2v) is 7.76. The van der Waals surface area contributed by atoms with Crippen LogP contribution in [0.15, 0.2) is 36.8 Å². The standard InChI is InChI=1S/C21H22N6O3/c28-12-13-2-6-26(7-3-13)18-8-14-9-19(29)24-16(14)10-17(18)25-21(30)15-11-23-27-5-1-4-22-20(15)27/h1,4-5,8,10-11,13,28H,2-3,6-7,9,12H2,(H,24,29)(H,25,30). The number of aliphatic hydroxyl groups is 1. The van der Waals surface area contributed by atoms with E-state index in [0.717, 1.165) is 42.9 Å². The van der Waals surface area contributed by atoms with Gasteiger partial charge in [-0.15, -0.1) is 0 Å². The molecule has 1 fully saturated rings. The number of aromatic nitrogens is 3. The van der Waals surface area contributed by atoms with E-state index in [9.17, 15) is 14.7 Å². The van der Waals surface area contributed by atoms with Crippen molar-refractivity contribution in [3.63, 3.8) is 0 Å². The third-order valence-corrected chi connectivity index (χ3v) is 5.83. The monoisotopic (exact) mass is 406 g/mol. The van der Waals surface area contributed by atoms with Crippen LogP contribution in [0.4, 0.5) is 17.1 Å². The first-order valence-electron chi connectivity index (χ1n) is 10.0. The van der Waals surface area contributed by atoms with Crippen LogP contribution in [0.25, 0.3) is 5.65 Å². The number of carbonyl (C=O) groups excluding carboxylic acids is 2. The lowest BCUT2D eigenvalue weighted by molar-refractivity contribution is -0.115. The van der Waals surface area contributed by atoms with Crippen molar-refractivity contribution in [2.75, 3.05) is 35.2 Å². The molecular weight excluding hydrogens is 384 g/mol. The zero-order valence-corrected chi connectivity index (χ0v) is 16.3. The highest BCUT2D eigenvalue weighted by Gasteiger charge is 2.26. The summed E-state index contributed by atoms with van der Waals surface area (Å²) in [5.74, 6) is -0.0495. The van der Waals surface area contributed by atoms with E-state index < -0.39 is 0 Å². The number of amides is 2. The van der Waals surface area contributed by atoms with Gasteiger partial charge in [0.05, 0.1) is 24.0 Å². The third-order valence-electron chi connectivity index (χ3n) is 5.83. The summed E-state index contributed by atoms with van der Waals surface area (Å²) in [5.41, 5.74) is 4.04. The Labute approximate surface area is 172 Å². The van der Waals surface area contributed by atoms with Gasteiger partial charge in [0.15, 0.2) is 5.65 Å². The molecule has 0 radical (unpaired) electrons. The lowest BCUT2D eigenvalue weighted by atomic mass is 9.97. The predicted octanol–water partition coefficient (Wildman–Crippen LogP) is 1.68. The topological polar surface area (TPSA) is 112 Å². The molecule has 0 bridgehead atoms. The number of rotatable bonds is 4. The number of nitrogens with zero attached hydrogens (tertiary/aromatic N) is 4. The highest BCUT2D eigenvalue weighted by molar-refractivity contribution is 6.10. The number of aliphatic hydroxyl groups excluding tert-OH is 1. The van der Waals surface area contributed by atoms with Gasteiger partial charge in [-0.25, -0.2) is 9.50 Å². The third kappa shape index (κ3) is 3.26. The van der Waals surface area contributed by atoms with Crippen LogP contribution < -0.4 is 15.5 Å². The van der Waals surface area contributed by atoms with Crippen LogP contribution in [-0.4, -0.2) is 51.2 Å². The van der Waals surface area contributed by atoms with Crippen LogP contribution in [0.3, 0.4) is 0 Å². The zero-order chi connectivity index (χ0) is 20.7. The summed E-state index contributed by atoms with van der Waals surface area (Å²) >= 11 is 0. The van der Waals surface area contributed by atoms with Crippen LogP contribution >= 0.6 is 0 Å². The molecule has 1 aromatic carbocycles. The molecule has 2 amide bonds. The average Bonchev–Trinajstić information content (AvgIpc) is 3.35. The fourth-order valence-electron chi connectivity index (χ4n) is 4.16. The Morgan fingerprint density at radius 2 is 2.13 bits per heavy atom. The molecule has 3 N–H and O–H groups in total. The first-order valence-corrected chi connectivity index (χ1v) is 10.0. The van der Waals surface area contributed by atoms with Crippen molar-refractivity contribution >= 4 is 34.5 Å². The SMILES string of the molecule is O=C1Cc2cc(N3CCC(CO)CC3)c(NC(=O)c3cnn4cccnc34)cc2N1. The van der Waals surface area contributed by atoms with Crippen LogP contribution in [0.1, 0.15) is 28.8 Å². The maximum atomic E-state index is 13.0. The Morgan fingerprint density at radius 3 is 2.93 bits per heavy atom.